The molecule has 1 saturated carbocycles. The molecule has 8 heteroatoms. The van der Waals surface area contributed by atoms with E-state index in [-0.39, 0.29) is 17.7 Å². The summed E-state index contributed by atoms with van der Waals surface area (Å²) in [5.74, 6) is 0.499. The predicted molar refractivity (Wildman–Crippen MR) is 120 cm³/mol. The van der Waals surface area contributed by atoms with Gasteiger partial charge in [-0.3, -0.25) is 9.69 Å². The normalized spacial score (nSPS) is 24.8. The average Bonchev–Trinajstić information content (AvgIpc) is 3.35. The van der Waals surface area contributed by atoms with Gasteiger partial charge in [-0.25, -0.2) is 8.42 Å². The molecule has 0 spiro atoms. The van der Waals surface area contributed by atoms with E-state index in [0.717, 1.165) is 45.1 Å². The van der Waals surface area contributed by atoms with Gasteiger partial charge in [-0.05, 0) is 43.0 Å². The van der Waals surface area contributed by atoms with Crippen LogP contribution in [-0.2, 0) is 14.8 Å². The summed E-state index contributed by atoms with van der Waals surface area (Å²) >= 11 is 1.27. The monoisotopic (exact) mass is 453 g/mol. The van der Waals surface area contributed by atoms with Crippen molar-refractivity contribution in [3.63, 3.8) is 0 Å². The summed E-state index contributed by atoms with van der Waals surface area (Å²) in [6.45, 7) is 6.75. The summed E-state index contributed by atoms with van der Waals surface area (Å²) in [5, 5.41) is 1.80. The van der Waals surface area contributed by atoms with Gasteiger partial charge in [-0.15, -0.1) is 11.3 Å². The van der Waals surface area contributed by atoms with Gasteiger partial charge in [-0.1, -0.05) is 32.3 Å². The number of carbonyl (C=O) groups excluding carboxylic acids is 1. The third-order valence-electron chi connectivity index (χ3n) is 7.40. The van der Waals surface area contributed by atoms with Crippen LogP contribution in [0.25, 0.3) is 0 Å². The minimum atomic E-state index is -3.37. The van der Waals surface area contributed by atoms with Crippen molar-refractivity contribution < 1.29 is 13.2 Å². The van der Waals surface area contributed by atoms with E-state index in [9.17, 15) is 13.2 Å². The molecule has 0 radical (unpaired) electrons. The van der Waals surface area contributed by atoms with Crippen molar-refractivity contribution in [2.45, 2.75) is 62.1 Å². The standard InChI is InChI=1S/C22H35N3O3S2/c1-18(19-9-11-25(12-10-19)30(27,28)21-8-5-17-29-21)22(26)24-15-13-23(14-16-24)20-6-3-2-4-7-20/h5,8,17-20H,2-4,6-7,9-16H2,1H3/t18-/m0/s1. The van der Waals surface area contributed by atoms with Gasteiger partial charge in [0.15, 0.2) is 0 Å². The number of piperidine rings is 1. The first-order valence-corrected chi connectivity index (χ1v) is 13.9. The number of piperazine rings is 1. The first kappa shape index (κ1) is 22.2. The number of carbonyl (C=O) groups is 1. The first-order valence-electron chi connectivity index (χ1n) is 11.5. The predicted octanol–water partition coefficient (Wildman–Crippen LogP) is 3.26. The van der Waals surface area contributed by atoms with E-state index in [0.29, 0.717) is 17.3 Å². The smallest absolute Gasteiger partial charge is 0.252 e. The van der Waals surface area contributed by atoms with Crippen molar-refractivity contribution in [3.8, 4) is 0 Å². The molecule has 3 aliphatic rings. The van der Waals surface area contributed by atoms with E-state index in [1.165, 1.54) is 43.4 Å². The lowest BCUT2D eigenvalue weighted by Crippen LogP contribution is -2.54. The lowest BCUT2D eigenvalue weighted by molar-refractivity contribution is -0.139. The van der Waals surface area contributed by atoms with Crippen molar-refractivity contribution in [1.82, 2.24) is 14.1 Å². The molecule has 1 aromatic heterocycles. The van der Waals surface area contributed by atoms with Crippen molar-refractivity contribution in [2.24, 2.45) is 11.8 Å². The van der Waals surface area contributed by atoms with E-state index in [2.05, 4.69) is 9.80 Å². The topological polar surface area (TPSA) is 60.9 Å². The van der Waals surface area contributed by atoms with Crippen LogP contribution in [0, 0.1) is 11.8 Å². The Morgan fingerprint density at radius 1 is 1.00 bits per heavy atom. The van der Waals surface area contributed by atoms with Gasteiger partial charge in [0.1, 0.15) is 4.21 Å². The summed E-state index contributed by atoms with van der Waals surface area (Å²) in [6.07, 6.45) is 8.23. The van der Waals surface area contributed by atoms with Gasteiger partial charge < -0.3 is 4.90 Å². The SMILES string of the molecule is C[C@H](C(=O)N1CCN(C2CCCCC2)CC1)C1CCN(S(=O)(=O)c2cccs2)CC1. The second-order valence-corrected chi connectivity index (χ2v) is 12.2. The van der Waals surface area contributed by atoms with Crippen molar-refractivity contribution in [3.05, 3.63) is 17.5 Å². The Kier molecular flexibility index (Phi) is 7.17. The molecule has 3 fully saturated rings. The molecular formula is C22H35N3O3S2. The van der Waals surface area contributed by atoms with Crippen molar-refractivity contribution in [2.75, 3.05) is 39.3 Å². The summed E-state index contributed by atoms with van der Waals surface area (Å²) < 4.78 is 27.5. The highest BCUT2D eigenvalue weighted by Crippen LogP contribution is 2.31. The molecule has 0 bridgehead atoms. The Labute approximate surface area is 185 Å². The van der Waals surface area contributed by atoms with Crippen LogP contribution in [0.1, 0.15) is 51.9 Å². The Morgan fingerprint density at radius 3 is 2.27 bits per heavy atom. The number of amides is 1. The van der Waals surface area contributed by atoms with E-state index in [1.807, 2.05) is 6.92 Å². The number of hydrogen-bond acceptors (Lipinski definition) is 5. The largest absolute Gasteiger partial charge is 0.340 e. The number of rotatable bonds is 5. The van der Waals surface area contributed by atoms with E-state index in [1.54, 1.807) is 21.8 Å². The number of nitrogens with zero attached hydrogens (tertiary/aromatic N) is 3. The molecule has 0 unspecified atom stereocenters. The average molecular weight is 454 g/mol. The molecule has 1 amide bonds. The molecule has 2 aliphatic heterocycles. The Balaban J connectivity index is 1.26. The second-order valence-electron chi connectivity index (χ2n) is 9.12. The maximum atomic E-state index is 13.1. The molecule has 4 rings (SSSR count). The summed E-state index contributed by atoms with van der Waals surface area (Å²) in [4.78, 5) is 17.8. The summed E-state index contributed by atoms with van der Waals surface area (Å²) in [5.41, 5.74) is 0. The molecule has 1 aromatic rings. The Bertz CT molecular complexity index is 790. The van der Waals surface area contributed by atoms with Crippen LogP contribution in [0.3, 0.4) is 0 Å². The second kappa shape index (κ2) is 9.67. The van der Waals surface area contributed by atoms with Gasteiger partial charge in [0.2, 0.25) is 5.91 Å². The minimum absolute atomic E-state index is 0.0298. The van der Waals surface area contributed by atoms with Crippen molar-refractivity contribution in [1.29, 1.82) is 0 Å². The van der Waals surface area contributed by atoms with Gasteiger partial charge in [0, 0.05) is 51.2 Å². The highest BCUT2D eigenvalue weighted by molar-refractivity contribution is 7.91. The van der Waals surface area contributed by atoms with Gasteiger partial charge in [0.25, 0.3) is 10.0 Å². The molecule has 168 valence electrons. The van der Waals surface area contributed by atoms with Crippen LogP contribution in [0.2, 0.25) is 0 Å². The zero-order valence-electron chi connectivity index (χ0n) is 18.0. The molecule has 1 aliphatic carbocycles. The Morgan fingerprint density at radius 2 is 1.67 bits per heavy atom. The van der Waals surface area contributed by atoms with Crippen LogP contribution >= 0.6 is 11.3 Å². The lowest BCUT2D eigenvalue weighted by Gasteiger charge is -2.42. The molecular weight excluding hydrogens is 418 g/mol. The highest BCUT2D eigenvalue weighted by Gasteiger charge is 2.36. The third kappa shape index (κ3) is 4.76. The molecule has 6 nitrogen and oxygen atoms in total. The van der Waals surface area contributed by atoms with Crippen LogP contribution in [-0.4, -0.2) is 73.7 Å². The van der Waals surface area contributed by atoms with Crippen LogP contribution < -0.4 is 0 Å². The zero-order valence-corrected chi connectivity index (χ0v) is 19.7. The maximum Gasteiger partial charge on any atom is 0.252 e. The maximum absolute atomic E-state index is 13.1. The first-order chi connectivity index (χ1) is 14.5. The zero-order chi connectivity index (χ0) is 21.1. The molecule has 30 heavy (non-hydrogen) atoms. The number of sulfonamides is 1. The highest BCUT2D eigenvalue weighted by atomic mass is 32.2. The molecule has 0 aromatic carbocycles. The van der Waals surface area contributed by atoms with Gasteiger partial charge >= 0.3 is 0 Å². The van der Waals surface area contributed by atoms with E-state index >= 15 is 0 Å². The van der Waals surface area contributed by atoms with Gasteiger partial charge in [0.05, 0.1) is 0 Å². The van der Waals surface area contributed by atoms with E-state index in [4.69, 9.17) is 0 Å². The fourth-order valence-corrected chi connectivity index (χ4v) is 8.01. The molecule has 2 saturated heterocycles. The third-order valence-corrected chi connectivity index (χ3v) is 10.7. The Hall–Kier alpha value is -0.960. The van der Waals surface area contributed by atoms with Crippen LogP contribution in [0.15, 0.2) is 21.7 Å². The number of thiophene rings is 1. The fraction of sp³-hybridized carbons (Fsp3) is 0.773. The quantitative estimate of drug-likeness (QED) is 0.687. The molecule has 3 heterocycles. The van der Waals surface area contributed by atoms with Crippen molar-refractivity contribution >= 4 is 27.3 Å². The molecule has 0 N–H and O–H groups in total. The van der Waals surface area contributed by atoms with Gasteiger partial charge in [-0.2, -0.15) is 4.31 Å². The van der Waals surface area contributed by atoms with Crippen LogP contribution in [0.5, 0.6) is 0 Å². The van der Waals surface area contributed by atoms with Crippen LogP contribution in [0.4, 0.5) is 0 Å². The summed E-state index contributed by atoms with van der Waals surface area (Å²) in [7, 11) is -3.37. The fourth-order valence-electron chi connectivity index (χ4n) is 5.40. The minimum Gasteiger partial charge on any atom is -0.340 e. The lowest BCUT2D eigenvalue weighted by atomic mass is 9.85. The molecule has 1 atom stereocenters. The van der Waals surface area contributed by atoms with E-state index < -0.39 is 10.0 Å². The summed E-state index contributed by atoms with van der Waals surface area (Å²) in [6, 6.07) is 4.17. The number of hydrogen-bond donors (Lipinski definition) is 0.